The molecule has 5 heteroatoms. The Morgan fingerprint density at radius 3 is 2.50 bits per heavy atom. The van der Waals surface area contributed by atoms with E-state index in [1.807, 2.05) is 25.1 Å². The molecule has 0 fully saturated rings. The van der Waals surface area contributed by atoms with Crippen LogP contribution < -0.4 is 10.3 Å². The first kappa shape index (κ1) is 14.3. The van der Waals surface area contributed by atoms with E-state index >= 15 is 0 Å². The van der Waals surface area contributed by atoms with E-state index in [4.69, 9.17) is 16.3 Å². The summed E-state index contributed by atoms with van der Waals surface area (Å²) in [5, 5.41) is -0.747. The molecule has 2 rings (SSSR count). The molecule has 0 spiro atoms. The van der Waals surface area contributed by atoms with Crippen molar-refractivity contribution in [1.82, 2.24) is 4.57 Å². The molecule has 104 valence electrons. The fraction of sp³-hybridized carbons (Fsp3) is 0.200. The van der Waals surface area contributed by atoms with E-state index in [9.17, 15) is 9.59 Å². The molecule has 1 aromatic carbocycles. The first-order valence-corrected chi connectivity index (χ1v) is 6.38. The number of carbonyl (C=O) groups is 1. The predicted octanol–water partition coefficient (Wildman–Crippen LogP) is 2.75. The second-order valence-electron chi connectivity index (χ2n) is 4.45. The number of ether oxygens (including phenoxy) is 1. The third kappa shape index (κ3) is 2.47. The quantitative estimate of drug-likeness (QED) is 0.817. The van der Waals surface area contributed by atoms with Crippen molar-refractivity contribution in [1.29, 1.82) is 0 Å². The molecule has 0 aliphatic rings. The van der Waals surface area contributed by atoms with Crippen molar-refractivity contribution in [2.45, 2.75) is 6.92 Å². The molecule has 0 aliphatic heterocycles. The van der Waals surface area contributed by atoms with Crippen LogP contribution in [0.15, 0.2) is 35.1 Å². The van der Waals surface area contributed by atoms with Crippen LogP contribution in [0.5, 0.6) is 5.75 Å². The standard InChI is InChI=1S/C15H14ClNO3/c1-9-8-10(4-7-13(9)20-3)12-6-5-11(14(16)18)15(19)17(12)2/h4-8H,1-3H3. The molecule has 0 saturated heterocycles. The van der Waals surface area contributed by atoms with E-state index < -0.39 is 10.8 Å². The molecular weight excluding hydrogens is 278 g/mol. The van der Waals surface area contributed by atoms with E-state index in [2.05, 4.69) is 0 Å². The Balaban J connectivity index is 2.60. The van der Waals surface area contributed by atoms with Crippen molar-refractivity contribution in [2.24, 2.45) is 7.05 Å². The molecule has 0 saturated carbocycles. The highest BCUT2D eigenvalue weighted by Gasteiger charge is 2.12. The topological polar surface area (TPSA) is 48.3 Å². The maximum atomic E-state index is 12.0. The van der Waals surface area contributed by atoms with Crippen LogP contribution in [0.1, 0.15) is 15.9 Å². The summed E-state index contributed by atoms with van der Waals surface area (Å²) in [7, 11) is 3.22. The fourth-order valence-electron chi connectivity index (χ4n) is 2.11. The lowest BCUT2D eigenvalue weighted by Crippen LogP contribution is -2.23. The van der Waals surface area contributed by atoms with Crippen LogP contribution in [0, 0.1) is 6.92 Å². The molecule has 20 heavy (non-hydrogen) atoms. The highest BCUT2D eigenvalue weighted by atomic mass is 35.5. The van der Waals surface area contributed by atoms with Gasteiger partial charge in [-0.1, -0.05) is 0 Å². The Morgan fingerprint density at radius 1 is 1.25 bits per heavy atom. The van der Waals surface area contributed by atoms with Gasteiger partial charge in [0, 0.05) is 7.05 Å². The van der Waals surface area contributed by atoms with Crippen LogP contribution in [0.2, 0.25) is 0 Å². The van der Waals surface area contributed by atoms with Crippen LogP contribution in [0.4, 0.5) is 0 Å². The van der Waals surface area contributed by atoms with E-state index in [0.29, 0.717) is 5.69 Å². The summed E-state index contributed by atoms with van der Waals surface area (Å²) in [6.45, 7) is 1.93. The Kier molecular flexibility index (Phi) is 3.95. The van der Waals surface area contributed by atoms with E-state index in [0.717, 1.165) is 16.9 Å². The summed E-state index contributed by atoms with van der Waals surface area (Å²) in [4.78, 5) is 23.2. The molecule has 0 unspecified atom stereocenters. The van der Waals surface area contributed by atoms with Gasteiger partial charge in [0.25, 0.3) is 10.8 Å². The molecule has 0 atom stereocenters. The van der Waals surface area contributed by atoms with Crippen LogP contribution >= 0.6 is 11.6 Å². The van der Waals surface area contributed by atoms with Crippen molar-refractivity contribution in [3.63, 3.8) is 0 Å². The first-order valence-electron chi connectivity index (χ1n) is 6.00. The molecule has 0 N–H and O–H groups in total. The number of benzene rings is 1. The summed E-state index contributed by atoms with van der Waals surface area (Å²) in [6, 6.07) is 8.79. The Morgan fingerprint density at radius 2 is 1.95 bits per heavy atom. The molecule has 2 aromatic rings. The van der Waals surface area contributed by atoms with Crippen molar-refractivity contribution in [3.8, 4) is 17.0 Å². The number of carbonyl (C=O) groups excluding carboxylic acids is 1. The van der Waals surface area contributed by atoms with Gasteiger partial charge in [0.05, 0.1) is 18.4 Å². The average Bonchev–Trinajstić information content (AvgIpc) is 2.41. The molecule has 0 amide bonds. The number of aromatic nitrogens is 1. The molecule has 0 bridgehead atoms. The normalized spacial score (nSPS) is 10.4. The number of halogens is 1. The maximum absolute atomic E-state index is 12.0. The van der Waals surface area contributed by atoms with Gasteiger partial charge in [-0.3, -0.25) is 9.59 Å². The maximum Gasteiger partial charge on any atom is 0.262 e. The van der Waals surface area contributed by atoms with Gasteiger partial charge in [-0.25, -0.2) is 0 Å². The molecular formula is C15H14ClNO3. The van der Waals surface area contributed by atoms with Gasteiger partial charge in [-0.05, 0) is 60.0 Å². The highest BCUT2D eigenvalue weighted by molar-refractivity contribution is 6.67. The zero-order valence-electron chi connectivity index (χ0n) is 11.4. The van der Waals surface area contributed by atoms with Crippen LogP contribution in [0.3, 0.4) is 0 Å². The largest absolute Gasteiger partial charge is 0.496 e. The minimum absolute atomic E-state index is 0.0249. The van der Waals surface area contributed by atoms with Gasteiger partial charge in [0.2, 0.25) is 0 Å². The van der Waals surface area contributed by atoms with Gasteiger partial charge < -0.3 is 9.30 Å². The summed E-state index contributed by atoms with van der Waals surface area (Å²) in [5.41, 5.74) is 2.12. The Hall–Kier alpha value is -2.07. The summed E-state index contributed by atoms with van der Waals surface area (Å²) >= 11 is 5.37. The SMILES string of the molecule is COc1ccc(-c2ccc(C(=O)Cl)c(=O)n2C)cc1C. The number of methoxy groups -OCH3 is 1. The number of hydrogen-bond donors (Lipinski definition) is 0. The van der Waals surface area contributed by atoms with Gasteiger partial charge in [0.15, 0.2) is 0 Å². The lowest BCUT2D eigenvalue weighted by atomic mass is 10.1. The zero-order valence-corrected chi connectivity index (χ0v) is 12.2. The van der Waals surface area contributed by atoms with Gasteiger partial charge in [-0.2, -0.15) is 0 Å². The molecule has 0 aliphatic carbocycles. The van der Waals surface area contributed by atoms with E-state index in [-0.39, 0.29) is 5.56 Å². The predicted molar refractivity (Wildman–Crippen MR) is 78.6 cm³/mol. The number of pyridine rings is 1. The second kappa shape index (κ2) is 5.51. The summed E-state index contributed by atoms with van der Waals surface area (Å²) in [6.07, 6.45) is 0. The fourth-order valence-corrected chi connectivity index (χ4v) is 2.26. The third-order valence-corrected chi connectivity index (χ3v) is 3.41. The van der Waals surface area contributed by atoms with Crippen LogP contribution in [0.25, 0.3) is 11.3 Å². The van der Waals surface area contributed by atoms with E-state index in [1.165, 1.54) is 10.6 Å². The Labute approximate surface area is 121 Å². The molecule has 1 heterocycles. The minimum Gasteiger partial charge on any atom is -0.496 e. The van der Waals surface area contributed by atoms with Crippen molar-refractivity contribution in [2.75, 3.05) is 7.11 Å². The second-order valence-corrected chi connectivity index (χ2v) is 4.80. The van der Waals surface area contributed by atoms with Gasteiger partial charge in [0.1, 0.15) is 5.75 Å². The molecule has 0 radical (unpaired) electrons. The smallest absolute Gasteiger partial charge is 0.262 e. The number of nitrogens with zero attached hydrogens (tertiary/aromatic N) is 1. The summed E-state index contributed by atoms with van der Waals surface area (Å²) < 4.78 is 6.62. The minimum atomic E-state index is -0.747. The number of hydrogen-bond acceptors (Lipinski definition) is 3. The highest BCUT2D eigenvalue weighted by Crippen LogP contribution is 2.25. The van der Waals surface area contributed by atoms with Gasteiger partial charge in [-0.15, -0.1) is 0 Å². The lowest BCUT2D eigenvalue weighted by molar-refractivity contribution is 0.107. The van der Waals surface area contributed by atoms with Crippen LogP contribution in [-0.2, 0) is 7.05 Å². The van der Waals surface area contributed by atoms with Crippen molar-refractivity contribution >= 4 is 16.8 Å². The first-order chi connectivity index (χ1) is 9.45. The van der Waals surface area contributed by atoms with Crippen molar-refractivity contribution in [3.05, 3.63) is 51.8 Å². The van der Waals surface area contributed by atoms with Crippen molar-refractivity contribution < 1.29 is 9.53 Å². The molecule has 1 aromatic heterocycles. The number of rotatable bonds is 3. The van der Waals surface area contributed by atoms with Gasteiger partial charge >= 0.3 is 0 Å². The monoisotopic (exact) mass is 291 g/mol. The van der Waals surface area contributed by atoms with E-state index in [1.54, 1.807) is 20.2 Å². The molecule has 4 nitrogen and oxygen atoms in total. The Bertz CT molecular complexity index is 734. The zero-order chi connectivity index (χ0) is 14.9. The van der Waals surface area contributed by atoms with Crippen LogP contribution in [-0.4, -0.2) is 16.9 Å². The lowest BCUT2D eigenvalue weighted by Gasteiger charge is -2.11. The average molecular weight is 292 g/mol. The third-order valence-electron chi connectivity index (χ3n) is 3.21. The number of aryl methyl sites for hydroxylation is 1. The summed E-state index contributed by atoms with van der Waals surface area (Å²) in [5.74, 6) is 0.784.